The van der Waals surface area contributed by atoms with Crippen LogP contribution in [0.5, 0.6) is 11.5 Å². The molecule has 30 heavy (non-hydrogen) atoms. The van der Waals surface area contributed by atoms with E-state index in [2.05, 4.69) is 10.3 Å². The third-order valence-corrected chi connectivity index (χ3v) is 4.80. The quantitative estimate of drug-likeness (QED) is 0.331. The van der Waals surface area contributed by atoms with Gasteiger partial charge in [-0.1, -0.05) is 0 Å². The third kappa shape index (κ3) is 3.99. The Labute approximate surface area is 181 Å². The van der Waals surface area contributed by atoms with Crippen molar-refractivity contribution in [2.24, 2.45) is 5.73 Å². The van der Waals surface area contributed by atoms with E-state index in [0.29, 0.717) is 14.7 Å². The molecule has 7 nitrogen and oxygen atoms in total. The lowest BCUT2D eigenvalue weighted by Gasteiger charge is -2.16. The van der Waals surface area contributed by atoms with E-state index in [9.17, 15) is 18.4 Å². The highest BCUT2D eigenvalue weighted by Gasteiger charge is 2.20. The number of hydrogen-bond acceptors (Lipinski definition) is 5. The van der Waals surface area contributed by atoms with Gasteiger partial charge in [0.15, 0.2) is 5.58 Å². The van der Waals surface area contributed by atoms with Crippen LogP contribution in [0.1, 0.15) is 10.4 Å². The molecule has 0 spiro atoms. The van der Waals surface area contributed by atoms with Gasteiger partial charge < -0.3 is 20.2 Å². The lowest BCUT2D eigenvalue weighted by Crippen LogP contribution is -2.15. The molecule has 0 fully saturated rings. The van der Waals surface area contributed by atoms with Crippen molar-refractivity contribution >= 4 is 51.0 Å². The van der Waals surface area contributed by atoms with E-state index in [0.717, 1.165) is 12.1 Å². The van der Waals surface area contributed by atoms with Gasteiger partial charge in [-0.05, 0) is 59.0 Å². The second kappa shape index (κ2) is 7.78. The van der Waals surface area contributed by atoms with Gasteiger partial charge in [0.05, 0.1) is 16.9 Å². The second-order valence-electron chi connectivity index (χ2n) is 6.21. The molecule has 0 bridgehead atoms. The number of ether oxygens (including phenoxy) is 1. The molecule has 1 amide bonds. The summed E-state index contributed by atoms with van der Waals surface area (Å²) < 4.78 is 39.7. The van der Waals surface area contributed by atoms with Gasteiger partial charge in [-0.3, -0.25) is 9.78 Å². The fourth-order valence-corrected chi connectivity index (χ4v) is 3.33. The number of nitrogens with one attached hydrogen (secondary N) is 2. The van der Waals surface area contributed by atoms with Gasteiger partial charge >= 0.3 is 5.76 Å². The number of carbonyl (C=O) groups is 1. The molecule has 4 rings (SSSR count). The van der Waals surface area contributed by atoms with Gasteiger partial charge in [0.25, 0.3) is 5.91 Å². The van der Waals surface area contributed by atoms with Crippen LogP contribution in [0.4, 0.5) is 20.2 Å². The number of oxazole rings is 1. The Morgan fingerprint density at radius 2 is 1.90 bits per heavy atom. The first-order chi connectivity index (χ1) is 14.3. The van der Waals surface area contributed by atoms with Crippen LogP contribution in [0.3, 0.4) is 0 Å². The largest absolute Gasteiger partial charge is 0.456 e. The maximum absolute atomic E-state index is 14.3. The zero-order valence-electron chi connectivity index (χ0n) is 15.0. The number of nitrogens with two attached hydrogens (primary N) is 1. The Hall–Kier alpha value is -3.41. The number of carbonyl (C=O) groups excluding carboxylic acids is 1. The molecule has 3 aromatic carbocycles. The highest BCUT2D eigenvalue weighted by atomic mass is 127. The summed E-state index contributed by atoms with van der Waals surface area (Å²) in [6.45, 7) is 0. The first kappa shape index (κ1) is 19.9. The van der Waals surface area contributed by atoms with Gasteiger partial charge in [0, 0.05) is 15.7 Å². The number of rotatable bonds is 5. The minimum Gasteiger partial charge on any atom is -0.456 e. The van der Waals surface area contributed by atoms with Crippen molar-refractivity contribution in [1.29, 1.82) is 0 Å². The van der Waals surface area contributed by atoms with Crippen LogP contribution in [-0.4, -0.2) is 10.9 Å². The number of primary amides is 1. The molecular formula is C20H12F2IN3O4. The highest BCUT2D eigenvalue weighted by Crippen LogP contribution is 2.34. The molecule has 152 valence electrons. The average Bonchev–Trinajstić information content (AvgIpc) is 3.02. The summed E-state index contributed by atoms with van der Waals surface area (Å²) in [5.74, 6) is -2.85. The number of halogens is 3. The zero-order chi connectivity index (χ0) is 21.4. The Bertz CT molecular complexity index is 1350. The van der Waals surface area contributed by atoms with Crippen molar-refractivity contribution in [2.45, 2.75) is 0 Å². The molecule has 0 radical (unpaired) electrons. The SMILES string of the molecule is NC(=O)c1c(Nc2ccc(I)cc2F)cc(F)cc1Oc1ccc2oc(=O)[nH]c2c1. The molecule has 10 heteroatoms. The van der Waals surface area contributed by atoms with Crippen molar-refractivity contribution < 1.29 is 22.7 Å². The van der Waals surface area contributed by atoms with Gasteiger partial charge in [0.1, 0.15) is 28.7 Å². The highest BCUT2D eigenvalue weighted by molar-refractivity contribution is 14.1. The monoisotopic (exact) mass is 523 g/mol. The third-order valence-electron chi connectivity index (χ3n) is 4.13. The molecule has 0 aliphatic heterocycles. The van der Waals surface area contributed by atoms with Crippen LogP contribution in [-0.2, 0) is 0 Å². The van der Waals surface area contributed by atoms with Crippen molar-refractivity contribution in [1.82, 2.24) is 4.98 Å². The number of fused-ring (bicyclic) bond motifs is 1. The molecule has 0 aliphatic carbocycles. The van der Waals surface area contributed by atoms with Crippen LogP contribution >= 0.6 is 22.6 Å². The van der Waals surface area contributed by atoms with E-state index >= 15 is 0 Å². The Kier molecular flexibility index (Phi) is 5.16. The maximum Gasteiger partial charge on any atom is 0.417 e. The van der Waals surface area contributed by atoms with Crippen LogP contribution in [0.2, 0.25) is 0 Å². The van der Waals surface area contributed by atoms with Crippen molar-refractivity contribution in [2.75, 3.05) is 5.32 Å². The van der Waals surface area contributed by atoms with Gasteiger partial charge in [-0.25, -0.2) is 13.6 Å². The summed E-state index contributed by atoms with van der Waals surface area (Å²) in [5, 5.41) is 2.69. The Balaban J connectivity index is 1.76. The minimum atomic E-state index is -0.906. The Morgan fingerprint density at radius 1 is 1.10 bits per heavy atom. The predicted octanol–water partition coefficient (Wildman–Crippen LogP) is 4.64. The van der Waals surface area contributed by atoms with Gasteiger partial charge in [-0.2, -0.15) is 0 Å². The van der Waals surface area contributed by atoms with Gasteiger partial charge in [-0.15, -0.1) is 0 Å². The number of aromatic amines is 1. The molecule has 4 aromatic rings. The Morgan fingerprint density at radius 3 is 2.63 bits per heavy atom. The van der Waals surface area contributed by atoms with E-state index in [-0.39, 0.29) is 28.4 Å². The fraction of sp³-hybridized carbons (Fsp3) is 0. The first-order valence-electron chi connectivity index (χ1n) is 8.46. The van der Waals surface area contributed by atoms with Crippen LogP contribution in [0.15, 0.2) is 57.7 Å². The number of H-pyrrole nitrogens is 1. The smallest absolute Gasteiger partial charge is 0.417 e. The first-order valence-corrected chi connectivity index (χ1v) is 9.54. The molecule has 0 atom stereocenters. The molecular weight excluding hydrogens is 511 g/mol. The van der Waals surface area contributed by atoms with Crippen LogP contribution in [0.25, 0.3) is 11.1 Å². The number of benzene rings is 3. The van der Waals surface area contributed by atoms with E-state index in [4.69, 9.17) is 14.9 Å². The summed E-state index contributed by atoms with van der Waals surface area (Å²) in [4.78, 5) is 25.9. The summed E-state index contributed by atoms with van der Waals surface area (Å²) in [6.07, 6.45) is 0. The summed E-state index contributed by atoms with van der Waals surface area (Å²) in [7, 11) is 0. The topological polar surface area (TPSA) is 110 Å². The minimum absolute atomic E-state index is 0.0341. The van der Waals surface area contributed by atoms with Gasteiger partial charge in [0.2, 0.25) is 0 Å². The molecule has 1 heterocycles. The van der Waals surface area contributed by atoms with Crippen molar-refractivity contribution in [3.8, 4) is 11.5 Å². The zero-order valence-corrected chi connectivity index (χ0v) is 17.1. The summed E-state index contributed by atoms with van der Waals surface area (Å²) in [5.41, 5.74) is 5.95. The maximum atomic E-state index is 14.3. The summed E-state index contributed by atoms with van der Waals surface area (Å²) >= 11 is 1.95. The summed E-state index contributed by atoms with van der Waals surface area (Å²) in [6, 6.07) is 10.8. The number of anilines is 2. The predicted molar refractivity (Wildman–Crippen MR) is 114 cm³/mol. The average molecular weight is 523 g/mol. The standard InChI is InChI=1S/C20H12F2IN3O4/c21-9-5-15(25-13-3-1-10(23)7-12(13)22)18(19(24)27)17(6-9)29-11-2-4-16-14(8-11)26-20(28)30-16/h1-8,25H,(H2,24,27)(H,26,28). The van der Waals surface area contributed by atoms with E-state index in [1.807, 2.05) is 22.6 Å². The van der Waals surface area contributed by atoms with E-state index in [1.165, 1.54) is 30.3 Å². The second-order valence-corrected chi connectivity index (χ2v) is 7.46. The van der Waals surface area contributed by atoms with Crippen molar-refractivity contribution in [3.63, 3.8) is 0 Å². The molecule has 4 N–H and O–H groups in total. The molecule has 0 unspecified atom stereocenters. The van der Waals surface area contributed by atoms with Crippen molar-refractivity contribution in [3.05, 3.63) is 79.8 Å². The molecule has 0 saturated heterocycles. The lowest BCUT2D eigenvalue weighted by atomic mass is 10.1. The molecule has 0 saturated carbocycles. The van der Waals surface area contributed by atoms with E-state index in [1.54, 1.807) is 6.07 Å². The normalized spacial score (nSPS) is 10.9. The van der Waals surface area contributed by atoms with E-state index < -0.39 is 23.3 Å². The number of aromatic nitrogens is 1. The van der Waals surface area contributed by atoms with Crippen LogP contribution < -0.4 is 21.5 Å². The molecule has 0 aliphatic rings. The lowest BCUT2D eigenvalue weighted by molar-refractivity contribution is 0.0999. The van der Waals surface area contributed by atoms with Crippen LogP contribution in [0, 0.1) is 15.2 Å². The number of hydrogen-bond donors (Lipinski definition) is 3. The molecule has 1 aromatic heterocycles. The fourth-order valence-electron chi connectivity index (χ4n) is 2.87. The number of amides is 1.